The van der Waals surface area contributed by atoms with Crippen LogP contribution in [0.1, 0.15) is 54.3 Å². The molecule has 0 radical (unpaired) electrons. The van der Waals surface area contributed by atoms with Crippen LogP contribution in [-0.4, -0.2) is 40.8 Å². The van der Waals surface area contributed by atoms with Crippen molar-refractivity contribution in [3.63, 3.8) is 0 Å². The Labute approximate surface area is 169 Å². The second-order valence-electron chi connectivity index (χ2n) is 7.37. The van der Waals surface area contributed by atoms with Gasteiger partial charge in [-0.2, -0.15) is 0 Å². The summed E-state index contributed by atoms with van der Waals surface area (Å²) < 4.78 is 0. The molecule has 148 valence electrons. The monoisotopic (exact) mass is 398 g/mol. The summed E-state index contributed by atoms with van der Waals surface area (Å²) in [5.74, 6) is 0.447. The number of rotatable bonds is 6. The number of hydrogen-bond donors (Lipinski definition) is 1. The Bertz CT molecular complexity index is 851. The van der Waals surface area contributed by atoms with Crippen LogP contribution in [0, 0.1) is 0 Å². The summed E-state index contributed by atoms with van der Waals surface area (Å²) in [4.78, 5) is 35.4. The first-order valence-electron chi connectivity index (χ1n) is 10.1. The van der Waals surface area contributed by atoms with E-state index in [0.717, 1.165) is 44.2 Å². The van der Waals surface area contributed by atoms with Gasteiger partial charge in [0.1, 0.15) is 10.9 Å². The quantitative estimate of drug-likeness (QED) is 0.750. The molecular weight excluding hydrogens is 372 g/mol. The average molecular weight is 399 g/mol. The lowest BCUT2D eigenvalue weighted by Crippen LogP contribution is -2.50. The molecule has 1 unspecified atom stereocenters. The number of amides is 2. The minimum absolute atomic E-state index is 0.0129. The van der Waals surface area contributed by atoms with Gasteiger partial charge < -0.3 is 10.2 Å². The zero-order chi connectivity index (χ0) is 19.5. The molecule has 0 spiro atoms. The molecule has 4 rings (SSSR count). The molecule has 1 fully saturated rings. The van der Waals surface area contributed by atoms with Crippen LogP contribution in [-0.2, 0) is 11.3 Å². The van der Waals surface area contributed by atoms with E-state index in [1.54, 1.807) is 9.80 Å². The average Bonchev–Trinajstić information content (AvgIpc) is 3.13. The van der Waals surface area contributed by atoms with E-state index < -0.39 is 0 Å². The molecule has 1 aromatic heterocycles. The number of nitrogens with one attached hydrogen (secondary N) is 1. The van der Waals surface area contributed by atoms with Gasteiger partial charge in [-0.25, -0.2) is 4.98 Å². The molecular formula is C21H26N4O2S. The summed E-state index contributed by atoms with van der Waals surface area (Å²) in [6.07, 6.45) is 4.78. The fraction of sp³-hybridized carbons (Fsp3) is 0.476. The minimum Gasteiger partial charge on any atom is -0.361 e. The molecule has 0 bridgehead atoms. The number of aromatic nitrogens is 1. The molecule has 2 aliphatic heterocycles. The van der Waals surface area contributed by atoms with Crippen molar-refractivity contribution in [2.24, 2.45) is 0 Å². The number of piperidine rings is 1. The van der Waals surface area contributed by atoms with Crippen LogP contribution in [0.5, 0.6) is 0 Å². The van der Waals surface area contributed by atoms with Gasteiger partial charge in [-0.15, -0.1) is 0 Å². The van der Waals surface area contributed by atoms with Crippen molar-refractivity contribution in [1.82, 2.24) is 9.88 Å². The maximum absolute atomic E-state index is 13.4. The topological polar surface area (TPSA) is 65.5 Å². The van der Waals surface area contributed by atoms with E-state index >= 15 is 0 Å². The Morgan fingerprint density at radius 1 is 1.21 bits per heavy atom. The van der Waals surface area contributed by atoms with Crippen molar-refractivity contribution in [2.45, 2.75) is 51.6 Å². The standard InChI is InChI=1S/C21H26N4O2S/c1-2-3-12-22-21-23-18-17(28-21)20(27)24-13-8-7-11-16(24)19(26)25(18)14-15-9-5-4-6-10-15/h4-6,9-10,16H,2-3,7-8,11-14H2,1H3,(H,22,23). The Kier molecular flexibility index (Phi) is 5.62. The lowest BCUT2D eigenvalue weighted by atomic mass is 10.0. The van der Waals surface area contributed by atoms with Gasteiger partial charge >= 0.3 is 0 Å². The lowest BCUT2D eigenvalue weighted by Gasteiger charge is -2.34. The first-order chi connectivity index (χ1) is 13.7. The van der Waals surface area contributed by atoms with Crippen LogP contribution in [0.3, 0.4) is 0 Å². The van der Waals surface area contributed by atoms with Crippen LogP contribution in [0.25, 0.3) is 0 Å². The molecule has 7 heteroatoms. The van der Waals surface area contributed by atoms with E-state index in [0.29, 0.717) is 28.9 Å². The largest absolute Gasteiger partial charge is 0.361 e. The molecule has 1 atom stereocenters. The van der Waals surface area contributed by atoms with Crippen molar-refractivity contribution >= 4 is 34.1 Å². The molecule has 0 saturated carbocycles. The summed E-state index contributed by atoms with van der Waals surface area (Å²) >= 11 is 1.37. The van der Waals surface area contributed by atoms with E-state index in [4.69, 9.17) is 0 Å². The Balaban J connectivity index is 1.71. The number of benzene rings is 1. The van der Waals surface area contributed by atoms with Crippen molar-refractivity contribution in [1.29, 1.82) is 0 Å². The molecule has 28 heavy (non-hydrogen) atoms. The van der Waals surface area contributed by atoms with Gasteiger partial charge in [-0.1, -0.05) is 55.0 Å². The zero-order valence-corrected chi connectivity index (χ0v) is 17.0. The maximum atomic E-state index is 13.4. The first-order valence-corrected chi connectivity index (χ1v) is 10.9. The molecule has 1 aromatic carbocycles. The molecule has 3 heterocycles. The highest BCUT2D eigenvalue weighted by Crippen LogP contribution is 2.37. The van der Waals surface area contributed by atoms with Crippen LogP contribution in [0.2, 0.25) is 0 Å². The minimum atomic E-state index is -0.372. The van der Waals surface area contributed by atoms with E-state index in [9.17, 15) is 9.59 Å². The predicted octanol–water partition coefficient (Wildman–Crippen LogP) is 3.90. The highest BCUT2D eigenvalue weighted by molar-refractivity contribution is 7.18. The number of fused-ring (bicyclic) bond motifs is 2. The predicted molar refractivity (Wildman–Crippen MR) is 112 cm³/mol. The smallest absolute Gasteiger partial charge is 0.268 e. The van der Waals surface area contributed by atoms with E-state index in [2.05, 4.69) is 17.2 Å². The third kappa shape index (κ3) is 3.63. The number of carbonyl (C=O) groups excluding carboxylic acids is 2. The first kappa shape index (κ1) is 18.9. The fourth-order valence-corrected chi connectivity index (χ4v) is 4.80. The van der Waals surface area contributed by atoms with Crippen molar-refractivity contribution < 1.29 is 9.59 Å². The molecule has 1 N–H and O–H groups in total. The second kappa shape index (κ2) is 8.31. The van der Waals surface area contributed by atoms with Gasteiger partial charge in [0, 0.05) is 13.1 Å². The van der Waals surface area contributed by atoms with Gasteiger partial charge in [-0.05, 0) is 31.2 Å². The summed E-state index contributed by atoms with van der Waals surface area (Å²) in [6.45, 7) is 4.03. The Morgan fingerprint density at radius 2 is 2.04 bits per heavy atom. The van der Waals surface area contributed by atoms with Crippen LogP contribution >= 0.6 is 11.3 Å². The number of unbranched alkanes of at least 4 members (excludes halogenated alkanes) is 1. The number of hydrogen-bond acceptors (Lipinski definition) is 5. The lowest BCUT2D eigenvalue weighted by molar-refractivity contribution is -0.124. The molecule has 1 saturated heterocycles. The number of thiazole rings is 1. The molecule has 2 aliphatic rings. The van der Waals surface area contributed by atoms with Crippen molar-refractivity contribution in [2.75, 3.05) is 23.3 Å². The summed E-state index contributed by atoms with van der Waals surface area (Å²) in [7, 11) is 0. The van der Waals surface area contributed by atoms with Gasteiger partial charge in [-0.3, -0.25) is 14.5 Å². The summed E-state index contributed by atoms with van der Waals surface area (Å²) in [6, 6.07) is 9.54. The van der Waals surface area contributed by atoms with E-state index in [-0.39, 0.29) is 17.9 Å². The number of carbonyl (C=O) groups is 2. The molecule has 0 aliphatic carbocycles. The molecule has 2 amide bonds. The molecule has 2 aromatic rings. The van der Waals surface area contributed by atoms with E-state index in [1.165, 1.54) is 11.3 Å². The molecule has 6 nitrogen and oxygen atoms in total. The highest BCUT2D eigenvalue weighted by atomic mass is 32.1. The SMILES string of the molecule is CCCCNc1nc2c(s1)C(=O)N1CCCCC1C(=O)N2Cc1ccccc1. The Morgan fingerprint density at radius 3 is 2.82 bits per heavy atom. The third-order valence-electron chi connectivity index (χ3n) is 5.36. The third-order valence-corrected chi connectivity index (χ3v) is 6.35. The van der Waals surface area contributed by atoms with Crippen LogP contribution in [0.15, 0.2) is 30.3 Å². The van der Waals surface area contributed by atoms with Gasteiger partial charge in [0.05, 0.1) is 6.54 Å². The Hall–Kier alpha value is -2.41. The van der Waals surface area contributed by atoms with Crippen LogP contribution < -0.4 is 10.2 Å². The van der Waals surface area contributed by atoms with Gasteiger partial charge in [0.15, 0.2) is 10.9 Å². The summed E-state index contributed by atoms with van der Waals surface area (Å²) in [5.41, 5.74) is 1.03. The fourth-order valence-electron chi connectivity index (χ4n) is 3.85. The highest BCUT2D eigenvalue weighted by Gasteiger charge is 2.42. The number of nitrogens with zero attached hydrogens (tertiary/aromatic N) is 3. The number of anilines is 2. The van der Waals surface area contributed by atoms with Crippen molar-refractivity contribution in [3.8, 4) is 0 Å². The zero-order valence-electron chi connectivity index (χ0n) is 16.2. The normalized spacial score (nSPS) is 19.2. The van der Waals surface area contributed by atoms with Gasteiger partial charge in [0.25, 0.3) is 11.8 Å². The van der Waals surface area contributed by atoms with E-state index in [1.807, 2.05) is 30.3 Å². The van der Waals surface area contributed by atoms with Crippen LogP contribution in [0.4, 0.5) is 10.9 Å². The maximum Gasteiger partial charge on any atom is 0.268 e. The van der Waals surface area contributed by atoms with Gasteiger partial charge in [0.2, 0.25) is 0 Å². The second-order valence-corrected chi connectivity index (χ2v) is 8.37. The summed E-state index contributed by atoms with van der Waals surface area (Å²) in [5, 5.41) is 4.03. The van der Waals surface area contributed by atoms with Crippen molar-refractivity contribution in [3.05, 3.63) is 40.8 Å².